The van der Waals surface area contributed by atoms with Crippen LogP contribution in [0.4, 0.5) is 0 Å². The third-order valence-electron chi connectivity index (χ3n) is 2.79. The molecule has 0 saturated carbocycles. The van der Waals surface area contributed by atoms with Crippen molar-refractivity contribution in [2.75, 3.05) is 7.11 Å². The average molecular weight is 242 g/mol. The number of hydrogen-bond acceptors (Lipinski definition) is 3. The van der Waals surface area contributed by atoms with E-state index in [0.29, 0.717) is 6.61 Å². The van der Waals surface area contributed by atoms with Crippen molar-refractivity contribution in [3.8, 4) is 0 Å². The van der Waals surface area contributed by atoms with E-state index in [1.807, 2.05) is 18.3 Å². The van der Waals surface area contributed by atoms with Crippen molar-refractivity contribution in [1.29, 1.82) is 0 Å². The molecule has 0 bridgehead atoms. The molecule has 3 nitrogen and oxygen atoms in total. The Morgan fingerprint density at radius 2 is 1.89 bits per heavy atom. The number of nitrogens with zero attached hydrogens (tertiary/aromatic N) is 1. The normalized spacial score (nSPS) is 10.5. The molecule has 0 unspecified atom stereocenters. The van der Waals surface area contributed by atoms with Crippen molar-refractivity contribution < 1.29 is 4.74 Å². The molecule has 18 heavy (non-hydrogen) atoms. The summed E-state index contributed by atoms with van der Waals surface area (Å²) in [7, 11) is 1.72. The minimum Gasteiger partial charge on any atom is -0.380 e. The summed E-state index contributed by atoms with van der Waals surface area (Å²) >= 11 is 0. The molecule has 2 aromatic rings. The molecule has 0 spiro atoms. The monoisotopic (exact) mass is 242 g/mol. The van der Waals surface area contributed by atoms with Gasteiger partial charge < -0.3 is 10.1 Å². The van der Waals surface area contributed by atoms with Crippen molar-refractivity contribution in [2.24, 2.45) is 0 Å². The van der Waals surface area contributed by atoms with Gasteiger partial charge in [-0.1, -0.05) is 30.3 Å². The quantitative estimate of drug-likeness (QED) is 0.845. The molecule has 1 aromatic carbocycles. The molecule has 0 aliphatic heterocycles. The van der Waals surface area contributed by atoms with Gasteiger partial charge in [-0.2, -0.15) is 0 Å². The lowest BCUT2D eigenvalue weighted by molar-refractivity contribution is 0.184. The summed E-state index contributed by atoms with van der Waals surface area (Å²) in [5, 5.41) is 3.42. The van der Waals surface area contributed by atoms with Gasteiger partial charge >= 0.3 is 0 Å². The van der Waals surface area contributed by atoms with Gasteiger partial charge in [0.2, 0.25) is 0 Å². The summed E-state index contributed by atoms with van der Waals surface area (Å²) in [6.07, 6.45) is 3.67. The maximum absolute atomic E-state index is 5.20. The van der Waals surface area contributed by atoms with E-state index in [-0.39, 0.29) is 0 Å². The van der Waals surface area contributed by atoms with Crippen molar-refractivity contribution in [2.45, 2.75) is 19.7 Å². The second-order valence-electron chi connectivity index (χ2n) is 4.17. The van der Waals surface area contributed by atoms with E-state index in [1.165, 1.54) is 16.7 Å². The van der Waals surface area contributed by atoms with Crippen LogP contribution in [0.2, 0.25) is 0 Å². The SMILES string of the molecule is COCc1ccccc1CNCc1cccnc1. The van der Waals surface area contributed by atoms with Gasteiger partial charge in [0.15, 0.2) is 0 Å². The number of aromatic nitrogens is 1. The van der Waals surface area contributed by atoms with E-state index >= 15 is 0 Å². The van der Waals surface area contributed by atoms with Crippen LogP contribution in [0.3, 0.4) is 0 Å². The number of pyridine rings is 1. The Balaban J connectivity index is 1.90. The molecule has 0 fully saturated rings. The van der Waals surface area contributed by atoms with E-state index in [9.17, 15) is 0 Å². The fourth-order valence-electron chi connectivity index (χ4n) is 1.87. The topological polar surface area (TPSA) is 34.1 Å². The highest BCUT2D eigenvalue weighted by molar-refractivity contribution is 5.26. The van der Waals surface area contributed by atoms with E-state index in [1.54, 1.807) is 13.3 Å². The van der Waals surface area contributed by atoms with Crippen LogP contribution >= 0.6 is 0 Å². The van der Waals surface area contributed by atoms with Crippen LogP contribution in [0.5, 0.6) is 0 Å². The number of nitrogens with one attached hydrogen (secondary N) is 1. The van der Waals surface area contributed by atoms with Crippen molar-refractivity contribution in [3.63, 3.8) is 0 Å². The van der Waals surface area contributed by atoms with E-state index in [2.05, 4.69) is 34.6 Å². The van der Waals surface area contributed by atoms with Gasteiger partial charge in [-0.3, -0.25) is 4.98 Å². The predicted octanol–water partition coefficient (Wildman–Crippen LogP) is 2.52. The second-order valence-corrected chi connectivity index (χ2v) is 4.17. The van der Waals surface area contributed by atoms with E-state index < -0.39 is 0 Å². The molecule has 0 saturated heterocycles. The molecule has 0 amide bonds. The smallest absolute Gasteiger partial charge is 0.0716 e. The first-order valence-corrected chi connectivity index (χ1v) is 6.05. The largest absolute Gasteiger partial charge is 0.380 e. The molecule has 0 aliphatic rings. The zero-order valence-corrected chi connectivity index (χ0v) is 10.6. The van der Waals surface area contributed by atoms with Gasteiger partial charge in [0, 0.05) is 32.6 Å². The first kappa shape index (κ1) is 12.7. The van der Waals surface area contributed by atoms with Gasteiger partial charge in [-0.15, -0.1) is 0 Å². The summed E-state index contributed by atoms with van der Waals surface area (Å²) < 4.78 is 5.20. The lowest BCUT2D eigenvalue weighted by atomic mass is 10.1. The Morgan fingerprint density at radius 1 is 1.06 bits per heavy atom. The summed E-state index contributed by atoms with van der Waals surface area (Å²) in [5.41, 5.74) is 3.71. The Morgan fingerprint density at radius 3 is 2.61 bits per heavy atom. The molecule has 1 N–H and O–H groups in total. The van der Waals surface area contributed by atoms with Crippen molar-refractivity contribution >= 4 is 0 Å². The van der Waals surface area contributed by atoms with Crippen LogP contribution in [0.25, 0.3) is 0 Å². The minimum absolute atomic E-state index is 0.657. The molecule has 1 aromatic heterocycles. The van der Waals surface area contributed by atoms with Gasteiger partial charge in [0.05, 0.1) is 6.61 Å². The van der Waals surface area contributed by atoms with E-state index in [4.69, 9.17) is 4.74 Å². The molecule has 2 rings (SSSR count). The van der Waals surface area contributed by atoms with Crippen molar-refractivity contribution in [1.82, 2.24) is 10.3 Å². The first-order valence-electron chi connectivity index (χ1n) is 6.05. The summed E-state index contributed by atoms with van der Waals surface area (Å²) in [6.45, 7) is 2.33. The average Bonchev–Trinajstić information content (AvgIpc) is 2.42. The predicted molar refractivity (Wildman–Crippen MR) is 71.9 cm³/mol. The minimum atomic E-state index is 0.657. The summed E-state index contributed by atoms with van der Waals surface area (Å²) in [4.78, 5) is 4.10. The zero-order valence-electron chi connectivity index (χ0n) is 10.6. The lowest BCUT2D eigenvalue weighted by Crippen LogP contribution is -2.14. The number of hydrogen-bond donors (Lipinski definition) is 1. The molecule has 0 aliphatic carbocycles. The van der Waals surface area contributed by atoms with Crippen molar-refractivity contribution in [3.05, 3.63) is 65.5 Å². The third kappa shape index (κ3) is 3.65. The fraction of sp³-hybridized carbons (Fsp3) is 0.267. The molecule has 0 atom stereocenters. The fourth-order valence-corrected chi connectivity index (χ4v) is 1.87. The van der Waals surface area contributed by atoms with Gasteiger partial charge in [-0.05, 0) is 22.8 Å². The molecule has 3 heteroatoms. The maximum Gasteiger partial charge on any atom is 0.0716 e. The van der Waals surface area contributed by atoms with Crippen LogP contribution in [0.15, 0.2) is 48.8 Å². The van der Waals surface area contributed by atoms with Crippen LogP contribution < -0.4 is 5.32 Å². The number of rotatable bonds is 6. The molecule has 0 radical (unpaired) electrons. The Kier molecular flexibility index (Phi) is 4.88. The second kappa shape index (κ2) is 6.89. The highest BCUT2D eigenvalue weighted by Gasteiger charge is 2.00. The highest BCUT2D eigenvalue weighted by Crippen LogP contribution is 2.09. The molecular formula is C15H18N2O. The van der Waals surface area contributed by atoms with Crippen LogP contribution in [0.1, 0.15) is 16.7 Å². The van der Waals surface area contributed by atoms with Gasteiger partial charge in [0.25, 0.3) is 0 Å². The Labute approximate surface area is 108 Å². The lowest BCUT2D eigenvalue weighted by Gasteiger charge is -2.09. The van der Waals surface area contributed by atoms with Gasteiger partial charge in [0.1, 0.15) is 0 Å². The highest BCUT2D eigenvalue weighted by atomic mass is 16.5. The standard InChI is InChI=1S/C15H18N2O/c1-18-12-15-7-3-2-6-14(15)11-17-10-13-5-4-8-16-9-13/h2-9,17H,10-12H2,1H3. The summed E-state index contributed by atoms with van der Waals surface area (Å²) in [6, 6.07) is 12.4. The number of ether oxygens (including phenoxy) is 1. The summed E-state index contributed by atoms with van der Waals surface area (Å²) in [5.74, 6) is 0. The van der Waals surface area contributed by atoms with Gasteiger partial charge in [-0.25, -0.2) is 0 Å². The third-order valence-corrected chi connectivity index (χ3v) is 2.79. The van der Waals surface area contributed by atoms with Crippen LogP contribution in [-0.2, 0) is 24.4 Å². The first-order chi connectivity index (χ1) is 8.90. The van der Waals surface area contributed by atoms with E-state index in [0.717, 1.165) is 13.1 Å². The number of benzene rings is 1. The molecule has 94 valence electrons. The van der Waals surface area contributed by atoms with Crippen LogP contribution in [-0.4, -0.2) is 12.1 Å². The van der Waals surface area contributed by atoms with Crippen LogP contribution in [0, 0.1) is 0 Å². The molecule has 1 heterocycles. The Bertz CT molecular complexity index is 471. The Hall–Kier alpha value is -1.71. The number of methoxy groups -OCH3 is 1. The zero-order chi connectivity index (χ0) is 12.6. The molecular weight excluding hydrogens is 224 g/mol. The maximum atomic E-state index is 5.20.